The van der Waals surface area contributed by atoms with Crippen LogP contribution in [0.15, 0.2) is 0 Å². The van der Waals surface area contributed by atoms with Crippen LogP contribution in [-0.4, -0.2) is 23.2 Å². The van der Waals surface area contributed by atoms with Crippen LogP contribution >= 0.6 is 12.4 Å². The van der Waals surface area contributed by atoms with Crippen molar-refractivity contribution in [2.75, 3.05) is 6.54 Å². The van der Waals surface area contributed by atoms with E-state index in [4.69, 9.17) is 5.11 Å². The lowest BCUT2D eigenvalue weighted by Crippen LogP contribution is -2.44. The standard InChI is InChI=1S/C7H11NO2.ClH/c9-6(10)7-4-5(7)2-1-3-8-7;/h5,8H,1-4H2,(H,9,10);1H. The van der Waals surface area contributed by atoms with Gasteiger partial charge in [-0.05, 0) is 31.7 Å². The van der Waals surface area contributed by atoms with Crippen LogP contribution in [0.5, 0.6) is 0 Å². The Bertz CT molecular complexity index is 185. The summed E-state index contributed by atoms with van der Waals surface area (Å²) in [6.07, 6.45) is 3.08. The van der Waals surface area contributed by atoms with Crippen molar-refractivity contribution in [1.29, 1.82) is 0 Å². The maximum Gasteiger partial charge on any atom is 0.324 e. The Morgan fingerprint density at radius 1 is 1.64 bits per heavy atom. The molecule has 1 aliphatic heterocycles. The van der Waals surface area contributed by atoms with Gasteiger partial charge >= 0.3 is 5.97 Å². The van der Waals surface area contributed by atoms with Crippen LogP contribution in [0.2, 0.25) is 0 Å². The molecule has 2 rings (SSSR count). The first-order chi connectivity index (χ1) is 4.76. The van der Waals surface area contributed by atoms with Crippen molar-refractivity contribution < 1.29 is 9.90 Å². The Balaban J connectivity index is 0.000000605. The predicted molar refractivity (Wildman–Crippen MR) is 43.0 cm³/mol. The lowest BCUT2D eigenvalue weighted by Gasteiger charge is -2.18. The lowest BCUT2D eigenvalue weighted by atomic mass is 10.1. The number of halogens is 1. The Labute approximate surface area is 71.6 Å². The molecule has 1 heterocycles. The Kier molecular flexibility index (Phi) is 2.12. The molecule has 64 valence electrons. The van der Waals surface area contributed by atoms with Crippen molar-refractivity contribution in [3.8, 4) is 0 Å². The van der Waals surface area contributed by atoms with E-state index in [9.17, 15) is 4.79 Å². The van der Waals surface area contributed by atoms with Gasteiger partial charge in [0.1, 0.15) is 5.54 Å². The van der Waals surface area contributed by atoms with Crippen LogP contribution in [0.25, 0.3) is 0 Å². The highest BCUT2D eigenvalue weighted by molar-refractivity contribution is 5.85. The van der Waals surface area contributed by atoms with E-state index in [-0.39, 0.29) is 12.4 Å². The Morgan fingerprint density at radius 3 is 2.82 bits per heavy atom. The zero-order valence-electron chi connectivity index (χ0n) is 6.17. The Hall–Kier alpha value is -0.280. The van der Waals surface area contributed by atoms with E-state index in [1.807, 2.05) is 0 Å². The molecule has 2 aliphatic rings. The molecule has 11 heavy (non-hydrogen) atoms. The van der Waals surface area contributed by atoms with Gasteiger partial charge in [0.15, 0.2) is 0 Å². The summed E-state index contributed by atoms with van der Waals surface area (Å²) in [7, 11) is 0. The molecule has 1 aliphatic carbocycles. The number of carboxylic acids is 1. The van der Waals surface area contributed by atoms with E-state index < -0.39 is 11.5 Å². The Morgan fingerprint density at radius 2 is 2.36 bits per heavy atom. The number of hydrogen-bond acceptors (Lipinski definition) is 2. The summed E-state index contributed by atoms with van der Waals surface area (Å²) < 4.78 is 0. The van der Waals surface area contributed by atoms with Gasteiger partial charge in [-0.2, -0.15) is 0 Å². The molecule has 0 radical (unpaired) electrons. The molecule has 2 fully saturated rings. The number of piperidine rings is 1. The molecule has 0 aromatic carbocycles. The summed E-state index contributed by atoms with van der Waals surface area (Å²) in [5.41, 5.74) is -0.488. The van der Waals surface area contributed by atoms with Gasteiger partial charge in [-0.25, -0.2) is 0 Å². The van der Waals surface area contributed by atoms with E-state index in [1.165, 1.54) is 0 Å². The first kappa shape index (κ1) is 8.81. The van der Waals surface area contributed by atoms with Gasteiger partial charge in [-0.1, -0.05) is 0 Å². The van der Waals surface area contributed by atoms with Gasteiger partial charge < -0.3 is 10.4 Å². The highest BCUT2D eigenvalue weighted by Crippen LogP contribution is 2.48. The van der Waals surface area contributed by atoms with Crippen molar-refractivity contribution in [3.05, 3.63) is 0 Å². The van der Waals surface area contributed by atoms with Gasteiger partial charge in [-0.15, -0.1) is 12.4 Å². The van der Waals surface area contributed by atoms with Crippen LogP contribution < -0.4 is 5.32 Å². The molecular weight excluding hydrogens is 166 g/mol. The molecule has 0 aromatic heterocycles. The first-order valence-electron chi connectivity index (χ1n) is 3.74. The third-order valence-corrected chi connectivity index (χ3v) is 2.66. The highest BCUT2D eigenvalue weighted by Gasteiger charge is 2.60. The smallest absolute Gasteiger partial charge is 0.324 e. The number of carboxylic acid groups (broad SMARTS) is 1. The SMILES string of the molecule is Cl.O=C(O)C12CC1CCCN2. The second kappa shape index (κ2) is 2.64. The topological polar surface area (TPSA) is 49.3 Å². The number of nitrogens with one attached hydrogen (secondary N) is 1. The molecule has 1 saturated heterocycles. The van der Waals surface area contributed by atoms with E-state index in [0.29, 0.717) is 5.92 Å². The monoisotopic (exact) mass is 177 g/mol. The second-order valence-electron chi connectivity index (χ2n) is 3.25. The normalized spacial score (nSPS) is 40.2. The summed E-state index contributed by atoms with van der Waals surface area (Å²) in [6, 6.07) is 0. The lowest BCUT2D eigenvalue weighted by molar-refractivity contribution is -0.141. The van der Waals surface area contributed by atoms with E-state index >= 15 is 0 Å². The molecule has 2 unspecified atom stereocenters. The molecule has 0 amide bonds. The fourth-order valence-corrected chi connectivity index (χ4v) is 1.89. The largest absolute Gasteiger partial charge is 0.480 e. The van der Waals surface area contributed by atoms with Gasteiger partial charge in [0.25, 0.3) is 0 Å². The van der Waals surface area contributed by atoms with E-state index in [2.05, 4.69) is 5.32 Å². The zero-order chi connectivity index (χ0) is 7.19. The van der Waals surface area contributed by atoms with Crippen LogP contribution in [0.4, 0.5) is 0 Å². The van der Waals surface area contributed by atoms with Crippen LogP contribution in [-0.2, 0) is 4.79 Å². The van der Waals surface area contributed by atoms with Crippen molar-refractivity contribution in [1.82, 2.24) is 5.32 Å². The van der Waals surface area contributed by atoms with Crippen LogP contribution in [0, 0.1) is 5.92 Å². The molecule has 3 nitrogen and oxygen atoms in total. The maximum absolute atomic E-state index is 10.7. The van der Waals surface area contributed by atoms with Gasteiger partial charge in [0.05, 0.1) is 0 Å². The summed E-state index contributed by atoms with van der Waals surface area (Å²) in [5, 5.41) is 11.8. The summed E-state index contributed by atoms with van der Waals surface area (Å²) in [6.45, 7) is 0.878. The average molecular weight is 178 g/mol. The number of aliphatic carboxylic acids is 1. The van der Waals surface area contributed by atoms with Crippen molar-refractivity contribution >= 4 is 18.4 Å². The molecule has 0 spiro atoms. The van der Waals surface area contributed by atoms with Crippen LogP contribution in [0.3, 0.4) is 0 Å². The summed E-state index contributed by atoms with van der Waals surface area (Å²) >= 11 is 0. The quantitative estimate of drug-likeness (QED) is 0.618. The fourth-order valence-electron chi connectivity index (χ4n) is 1.89. The van der Waals surface area contributed by atoms with Gasteiger partial charge in [0.2, 0.25) is 0 Å². The zero-order valence-corrected chi connectivity index (χ0v) is 6.99. The first-order valence-corrected chi connectivity index (χ1v) is 3.74. The van der Waals surface area contributed by atoms with Crippen molar-refractivity contribution in [2.45, 2.75) is 24.8 Å². The van der Waals surface area contributed by atoms with Crippen LogP contribution in [0.1, 0.15) is 19.3 Å². The molecule has 2 N–H and O–H groups in total. The molecule has 0 aromatic rings. The van der Waals surface area contributed by atoms with Gasteiger partial charge in [-0.3, -0.25) is 4.79 Å². The minimum atomic E-state index is -0.655. The second-order valence-corrected chi connectivity index (χ2v) is 3.25. The maximum atomic E-state index is 10.7. The number of rotatable bonds is 1. The van der Waals surface area contributed by atoms with Gasteiger partial charge in [0, 0.05) is 0 Å². The number of hydrogen-bond donors (Lipinski definition) is 2. The average Bonchev–Trinajstić information content (AvgIpc) is 2.61. The third kappa shape index (κ3) is 1.12. The summed E-state index contributed by atoms with van der Waals surface area (Å²) in [4.78, 5) is 10.7. The predicted octanol–water partition coefficient (Wildman–Crippen LogP) is 0.635. The van der Waals surface area contributed by atoms with E-state index in [0.717, 1.165) is 25.8 Å². The van der Waals surface area contributed by atoms with Crippen molar-refractivity contribution in [2.24, 2.45) is 5.92 Å². The molecule has 2 atom stereocenters. The molecule has 4 heteroatoms. The number of carbonyl (C=O) groups is 1. The fraction of sp³-hybridized carbons (Fsp3) is 0.857. The molecule has 0 bridgehead atoms. The highest BCUT2D eigenvalue weighted by atomic mass is 35.5. The van der Waals surface area contributed by atoms with Crippen molar-refractivity contribution in [3.63, 3.8) is 0 Å². The van der Waals surface area contributed by atoms with E-state index in [1.54, 1.807) is 0 Å². The molecule has 1 saturated carbocycles. The molecular formula is C7H12ClNO2. The number of fused-ring (bicyclic) bond motifs is 1. The summed E-state index contributed by atoms with van der Waals surface area (Å²) in [5.74, 6) is -0.226. The minimum Gasteiger partial charge on any atom is -0.480 e. The third-order valence-electron chi connectivity index (χ3n) is 2.66. The minimum absolute atomic E-state index is 0.